The van der Waals surface area contributed by atoms with Gasteiger partial charge in [0.1, 0.15) is 0 Å². The number of hydrogen-bond donors (Lipinski definition) is 0. The van der Waals surface area contributed by atoms with Crippen molar-refractivity contribution in [3.8, 4) is 5.69 Å². The van der Waals surface area contributed by atoms with Gasteiger partial charge in [0, 0.05) is 34.2 Å². The smallest absolute Gasteiger partial charge is 0.270 e. The zero-order valence-corrected chi connectivity index (χ0v) is 13.5. The lowest BCUT2D eigenvalue weighted by molar-refractivity contribution is -0.384. The minimum absolute atomic E-state index is 0.0180. The second-order valence-corrected chi connectivity index (χ2v) is 5.91. The van der Waals surface area contributed by atoms with E-state index in [4.69, 9.17) is 0 Å². The van der Waals surface area contributed by atoms with Crippen LogP contribution in [-0.2, 0) is 0 Å². The highest BCUT2D eigenvalue weighted by Gasteiger charge is 2.15. The number of rotatable bonds is 3. The molecular weight excluding hydrogens is 316 g/mol. The standard InChI is InChI=1S/C20H14N2O3/c1-13(23)14-6-8-15(9-7-14)21-19-5-3-2-4-17(19)18-12-16(22(24)25)10-11-20(18)21/h2-12H,1H3. The Kier molecular flexibility index (Phi) is 3.35. The maximum atomic E-state index is 11.5. The summed E-state index contributed by atoms with van der Waals surface area (Å²) in [6.07, 6.45) is 0. The van der Waals surface area contributed by atoms with Crippen molar-refractivity contribution in [2.45, 2.75) is 6.92 Å². The topological polar surface area (TPSA) is 65.1 Å². The van der Waals surface area contributed by atoms with Crippen LogP contribution in [0.3, 0.4) is 0 Å². The fourth-order valence-electron chi connectivity index (χ4n) is 3.20. The molecule has 25 heavy (non-hydrogen) atoms. The molecule has 0 atom stereocenters. The quantitative estimate of drug-likeness (QED) is 0.305. The third kappa shape index (κ3) is 2.37. The number of non-ortho nitro benzene ring substituents is 1. The molecule has 0 fully saturated rings. The number of para-hydroxylation sites is 1. The summed E-state index contributed by atoms with van der Waals surface area (Å²) in [6, 6.07) is 20.1. The van der Waals surface area contributed by atoms with Crippen molar-refractivity contribution in [1.29, 1.82) is 0 Å². The third-order valence-electron chi connectivity index (χ3n) is 4.40. The number of nitro benzene ring substituents is 1. The van der Waals surface area contributed by atoms with Crippen LogP contribution in [0.4, 0.5) is 5.69 Å². The molecule has 1 heterocycles. The Morgan fingerprint density at radius 3 is 2.28 bits per heavy atom. The van der Waals surface area contributed by atoms with Crippen LogP contribution >= 0.6 is 0 Å². The molecule has 0 spiro atoms. The van der Waals surface area contributed by atoms with Crippen molar-refractivity contribution in [2.24, 2.45) is 0 Å². The van der Waals surface area contributed by atoms with Crippen LogP contribution in [0.2, 0.25) is 0 Å². The number of ketones is 1. The van der Waals surface area contributed by atoms with Gasteiger partial charge in [0.2, 0.25) is 0 Å². The molecule has 0 aliphatic rings. The van der Waals surface area contributed by atoms with Crippen molar-refractivity contribution in [3.05, 3.63) is 82.4 Å². The highest BCUT2D eigenvalue weighted by molar-refractivity contribution is 6.10. The fourth-order valence-corrected chi connectivity index (χ4v) is 3.20. The summed E-state index contributed by atoms with van der Waals surface area (Å²) in [5.41, 5.74) is 3.49. The summed E-state index contributed by atoms with van der Waals surface area (Å²) in [5.74, 6) is 0.0180. The fraction of sp³-hybridized carbons (Fsp3) is 0.0500. The Hall–Kier alpha value is -3.47. The van der Waals surface area contributed by atoms with Crippen LogP contribution in [0.5, 0.6) is 0 Å². The van der Waals surface area contributed by atoms with Gasteiger partial charge in [-0.15, -0.1) is 0 Å². The number of hydrogen-bond acceptors (Lipinski definition) is 3. The van der Waals surface area contributed by atoms with Crippen LogP contribution < -0.4 is 0 Å². The molecule has 0 N–H and O–H groups in total. The van der Waals surface area contributed by atoms with E-state index in [1.54, 1.807) is 24.3 Å². The average Bonchev–Trinajstić information content (AvgIpc) is 2.95. The molecule has 5 nitrogen and oxygen atoms in total. The van der Waals surface area contributed by atoms with Crippen molar-refractivity contribution in [2.75, 3.05) is 0 Å². The Morgan fingerprint density at radius 2 is 1.60 bits per heavy atom. The molecule has 122 valence electrons. The summed E-state index contributed by atoms with van der Waals surface area (Å²) in [7, 11) is 0. The van der Waals surface area contributed by atoms with Crippen molar-refractivity contribution in [1.82, 2.24) is 4.57 Å². The number of benzene rings is 3. The monoisotopic (exact) mass is 330 g/mol. The molecule has 1 aromatic heterocycles. The number of nitro groups is 1. The van der Waals surface area contributed by atoms with E-state index in [9.17, 15) is 14.9 Å². The van der Waals surface area contributed by atoms with Gasteiger partial charge in [-0.05, 0) is 43.3 Å². The lowest BCUT2D eigenvalue weighted by atomic mass is 10.1. The van der Waals surface area contributed by atoms with Crippen LogP contribution in [0, 0.1) is 10.1 Å². The molecule has 0 unspecified atom stereocenters. The van der Waals surface area contributed by atoms with Crippen molar-refractivity contribution >= 4 is 33.3 Å². The van der Waals surface area contributed by atoms with Gasteiger partial charge in [0.05, 0.1) is 16.0 Å². The molecule has 0 aliphatic heterocycles. The summed E-state index contributed by atoms with van der Waals surface area (Å²) in [6.45, 7) is 1.54. The van der Waals surface area contributed by atoms with Crippen LogP contribution in [0.25, 0.3) is 27.5 Å². The largest absolute Gasteiger partial charge is 0.309 e. The lowest BCUT2D eigenvalue weighted by Crippen LogP contribution is -1.96. The molecular formula is C20H14N2O3. The SMILES string of the molecule is CC(=O)c1ccc(-n2c3ccccc3c3cc([N+](=O)[O-])ccc32)cc1. The minimum Gasteiger partial charge on any atom is -0.309 e. The first-order valence-electron chi connectivity index (χ1n) is 7.85. The number of carbonyl (C=O) groups excluding carboxylic acids is 1. The highest BCUT2D eigenvalue weighted by atomic mass is 16.6. The maximum Gasteiger partial charge on any atom is 0.270 e. The van der Waals surface area contributed by atoms with Gasteiger partial charge >= 0.3 is 0 Å². The molecule has 0 radical (unpaired) electrons. The second-order valence-electron chi connectivity index (χ2n) is 5.91. The number of carbonyl (C=O) groups is 1. The first-order chi connectivity index (χ1) is 12.1. The van der Waals surface area contributed by atoms with E-state index in [0.29, 0.717) is 5.56 Å². The number of nitrogens with zero attached hydrogens (tertiary/aromatic N) is 2. The van der Waals surface area contributed by atoms with Crippen LogP contribution in [-0.4, -0.2) is 15.3 Å². The third-order valence-corrected chi connectivity index (χ3v) is 4.40. The lowest BCUT2D eigenvalue weighted by Gasteiger charge is -2.08. The Morgan fingerprint density at radius 1 is 0.920 bits per heavy atom. The molecule has 0 saturated heterocycles. The number of fused-ring (bicyclic) bond motifs is 3. The van der Waals surface area contributed by atoms with Gasteiger partial charge in [0.15, 0.2) is 5.78 Å². The van der Waals surface area contributed by atoms with E-state index in [-0.39, 0.29) is 16.4 Å². The zero-order chi connectivity index (χ0) is 17.6. The molecule has 0 amide bonds. The molecule has 0 bridgehead atoms. The van der Waals surface area contributed by atoms with Crippen LogP contribution in [0.15, 0.2) is 66.7 Å². The predicted molar refractivity (Wildman–Crippen MR) is 97.4 cm³/mol. The molecule has 0 saturated carbocycles. The average molecular weight is 330 g/mol. The van der Waals surface area contributed by atoms with Gasteiger partial charge < -0.3 is 4.57 Å². The van der Waals surface area contributed by atoms with E-state index in [1.807, 2.05) is 36.4 Å². The molecule has 3 aromatic carbocycles. The van der Waals surface area contributed by atoms with E-state index < -0.39 is 0 Å². The van der Waals surface area contributed by atoms with Gasteiger partial charge in [-0.3, -0.25) is 14.9 Å². The van der Waals surface area contributed by atoms with Gasteiger partial charge in [0.25, 0.3) is 5.69 Å². The Balaban J connectivity index is 2.04. The normalized spacial score (nSPS) is 11.1. The van der Waals surface area contributed by atoms with E-state index in [2.05, 4.69) is 4.57 Å². The minimum atomic E-state index is -0.382. The Labute approximate surface area is 143 Å². The van der Waals surface area contributed by atoms with Gasteiger partial charge in [-0.1, -0.05) is 18.2 Å². The summed E-state index contributed by atoms with van der Waals surface area (Å²) < 4.78 is 2.05. The molecule has 4 aromatic rings. The Bertz CT molecular complexity index is 1140. The molecule has 5 heteroatoms. The van der Waals surface area contributed by atoms with Crippen molar-refractivity contribution < 1.29 is 9.72 Å². The zero-order valence-electron chi connectivity index (χ0n) is 13.5. The summed E-state index contributed by atoms with van der Waals surface area (Å²) >= 11 is 0. The predicted octanol–water partition coefficient (Wildman–Crippen LogP) is 4.89. The first kappa shape index (κ1) is 15.1. The van der Waals surface area contributed by atoms with Gasteiger partial charge in [-0.25, -0.2) is 0 Å². The molecule has 0 aliphatic carbocycles. The van der Waals surface area contributed by atoms with Crippen molar-refractivity contribution in [3.63, 3.8) is 0 Å². The van der Waals surface area contributed by atoms with Gasteiger partial charge in [-0.2, -0.15) is 0 Å². The number of Topliss-reactive ketones (excluding diaryl/α,β-unsaturated/α-hetero) is 1. The number of aromatic nitrogens is 1. The van der Waals surface area contributed by atoms with E-state index in [0.717, 1.165) is 27.5 Å². The van der Waals surface area contributed by atoms with Crippen LogP contribution in [0.1, 0.15) is 17.3 Å². The maximum absolute atomic E-state index is 11.5. The van der Waals surface area contributed by atoms with E-state index >= 15 is 0 Å². The first-order valence-corrected chi connectivity index (χ1v) is 7.85. The van der Waals surface area contributed by atoms with E-state index in [1.165, 1.54) is 13.0 Å². The molecule has 4 rings (SSSR count). The highest BCUT2D eigenvalue weighted by Crippen LogP contribution is 2.34. The summed E-state index contributed by atoms with van der Waals surface area (Å²) in [4.78, 5) is 22.2. The summed E-state index contributed by atoms with van der Waals surface area (Å²) in [5, 5.41) is 12.9. The second kappa shape index (κ2) is 5.56.